The van der Waals surface area contributed by atoms with Crippen molar-refractivity contribution < 1.29 is 14.7 Å². The number of carbonyl (C=O) groups is 1. The van der Waals surface area contributed by atoms with Gasteiger partial charge in [0.15, 0.2) is 5.84 Å². The van der Waals surface area contributed by atoms with Crippen molar-refractivity contribution in [3.8, 4) is 0 Å². The number of nitrogens with zero attached hydrogens (tertiary/aromatic N) is 2. The van der Waals surface area contributed by atoms with Crippen LogP contribution in [0, 0.1) is 0 Å². The lowest BCUT2D eigenvalue weighted by Gasteiger charge is -2.28. The van der Waals surface area contributed by atoms with Crippen LogP contribution in [0.3, 0.4) is 0 Å². The van der Waals surface area contributed by atoms with Gasteiger partial charge in [-0.25, -0.2) is 4.79 Å². The first-order valence-corrected chi connectivity index (χ1v) is 5.29. The van der Waals surface area contributed by atoms with E-state index in [0.29, 0.717) is 32.7 Å². The fourth-order valence-electron chi connectivity index (χ4n) is 1.46. The highest BCUT2D eigenvalue weighted by Gasteiger charge is 2.21. The quantitative estimate of drug-likeness (QED) is 0.265. The van der Waals surface area contributed by atoms with Gasteiger partial charge in [0.05, 0.1) is 19.3 Å². The van der Waals surface area contributed by atoms with E-state index in [9.17, 15) is 4.79 Å². The van der Waals surface area contributed by atoms with Gasteiger partial charge in [0, 0.05) is 13.1 Å². The first-order valence-electron chi connectivity index (χ1n) is 5.29. The Kier molecular flexibility index (Phi) is 4.84. The second kappa shape index (κ2) is 6.16. The van der Waals surface area contributed by atoms with E-state index >= 15 is 0 Å². The van der Waals surface area contributed by atoms with E-state index in [-0.39, 0.29) is 11.9 Å². The van der Waals surface area contributed by atoms with Crippen LogP contribution < -0.4 is 11.1 Å². The standard InChI is InChI=1S/C9H18N4O3/c1-2-7(8(10)12-15)11-9(14)13-3-5-16-6-4-13/h7,15H,2-6H2,1H3,(H2,10,12)(H,11,14). The molecule has 0 aromatic rings. The summed E-state index contributed by atoms with van der Waals surface area (Å²) < 4.78 is 5.14. The summed E-state index contributed by atoms with van der Waals surface area (Å²) in [7, 11) is 0. The number of carbonyl (C=O) groups excluding carboxylic acids is 1. The first kappa shape index (κ1) is 12.6. The van der Waals surface area contributed by atoms with Crippen LogP contribution in [0.4, 0.5) is 4.79 Å². The molecule has 1 aliphatic heterocycles. The van der Waals surface area contributed by atoms with Crippen molar-refractivity contribution in [3.63, 3.8) is 0 Å². The largest absolute Gasteiger partial charge is 0.409 e. The summed E-state index contributed by atoms with van der Waals surface area (Å²) >= 11 is 0. The summed E-state index contributed by atoms with van der Waals surface area (Å²) in [4.78, 5) is 13.4. The van der Waals surface area contributed by atoms with Crippen LogP contribution in [0.1, 0.15) is 13.3 Å². The SMILES string of the molecule is CCC(NC(=O)N1CCOCC1)C(N)=NO. The third-order valence-corrected chi connectivity index (χ3v) is 2.48. The smallest absolute Gasteiger partial charge is 0.318 e. The van der Waals surface area contributed by atoms with E-state index in [1.807, 2.05) is 6.92 Å². The highest BCUT2D eigenvalue weighted by atomic mass is 16.5. The minimum Gasteiger partial charge on any atom is -0.409 e. The van der Waals surface area contributed by atoms with Crippen molar-refractivity contribution in [2.24, 2.45) is 10.9 Å². The Morgan fingerprint density at radius 1 is 1.62 bits per heavy atom. The normalized spacial score (nSPS) is 19.3. The first-order chi connectivity index (χ1) is 7.69. The minimum atomic E-state index is -0.430. The molecule has 1 saturated heterocycles. The van der Waals surface area contributed by atoms with E-state index in [1.54, 1.807) is 4.90 Å². The summed E-state index contributed by atoms with van der Waals surface area (Å²) in [6.07, 6.45) is 0.575. The van der Waals surface area contributed by atoms with E-state index in [0.717, 1.165) is 0 Å². The molecule has 7 nitrogen and oxygen atoms in total. The summed E-state index contributed by atoms with van der Waals surface area (Å²) in [5, 5.41) is 14.1. The van der Waals surface area contributed by atoms with Crippen molar-refractivity contribution in [2.75, 3.05) is 26.3 Å². The fourth-order valence-corrected chi connectivity index (χ4v) is 1.46. The summed E-state index contributed by atoms with van der Waals surface area (Å²) in [5.41, 5.74) is 5.45. The maximum Gasteiger partial charge on any atom is 0.318 e. The highest BCUT2D eigenvalue weighted by molar-refractivity contribution is 5.89. The van der Waals surface area contributed by atoms with Crippen LogP contribution in [0.25, 0.3) is 0 Å². The fraction of sp³-hybridized carbons (Fsp3) is 0.778. The predicted octanol–water partition coefficient (Wildman–Crippen LogP) is -0.447. The number of morpholine rings is 1. The zero-order valence-corrected chi connectivity index (χ0v) is 9.35. The van der Waals surface area contributed by atoms with Crippen LogP contribution in [-0.2, 0) is 4.74 Å². The molecular weight excluding hydrogens is 212 g/mol. The van der Waals surface area contributed by atoms with E-state index in [1.165, 1.54) is 0 Å². The van der Waals surface area contributed by atoms with Crippen LogP contribution in [-0.4, -0.2) is 54.3 Å². The monoisotopic (exact) mass is 230 g/mol. The van der Waals surface area contributed by atoms with E-state index in [2.05, 4.69) is 10.5 Å². The Hall–Kier alpha value is -1.50. The molecule has 0 radical (unpaired) electrons. The number of amidine groups is 1. The van der Waals surface area contributed by atoms with Gasteiger partial charge in [-0.2, -0.15) is 0 Å². The van der Waals surface area contributed by atoms with E-state index in [4.69, 9.17) is 15.7 Å². The Morgan fingerprint density at radius 3 is 2.75 bits per heavy atom. The van der Waals surface area contributed by atoms with Gasteiger partial charge in [-0.3, -0.25) is 0 Å². The molecule has 0 saturated carbocycles. The third kappa shape index (κ3) is 3.27. The molecule has 0 spiro atoms. The van der Waals surface area contributed by atoms with Crippen LogP contribution in [0.15, 0.2) is 5.16 Å². The van der Waals surface area contributed by atoms with Crippen molar-refractivity contribution in [3.05, 3.63) is 0 Å². The van der Waals surface area contributed by atoms with Gasteiger partial charge in [-0.15, -0.1) is 0 Å². The molecular formula is C9H18N4O3. The molecule has 0 bridgehead atoms. The number of hydrogen-bond donors (Lipinski definition) is 3. The molecule has 7 heteroatoms. The van der Waals surface area contributed by atoms with Crippen LogP contribution in [0.5, 0.6) is 0 Å². The number of nitrogens with one attached hydrogen (secondary N) is 1. The zero-order chi connectivity index (χ0) is 12.0. The van der Waals surface area contributed by atoms with Crippen molar-refractivity contribution in [2.45, 2.75) is 19.4 Å². The molecule has 1 fully saturated rings. The molecule has 92 valence electrons. The molecule has 1 atom stereocenters. The number of nitrogens with two attached hydrogens (primary N) is 1. The molecule has 1 aliphatic rings. The highest BCUT2D eigenvalue weighted by Crippen LogP contribution is 1.99. The van der Waals surface area contributed by atoms with Gasteiger partial charge in [0.25, 0.3) is 0 Å². The van der Waals surface area contributed by atoms with E-state index < -0.39 is 6.04 Å². The second-order valence-corrected chi connectivity index (χ2v) is 3.53. The molecule has 4 N–H and O–H groups in total. The Balaban J connectivity index is 2.47. The summed E-state index contributed by atoms with van der Waals surface area (Å²) in [6.45, 7) is 4.08. The Labute approximate surface area is 94.2 Å². The molecule has 16 heavy (non-hydrogen) atoms. The van der Waals surface area contributed by atoms with Crippen molar-refractivity contribution in [1.29, 1.82) is 0 Å². The average molecular weight is 230 g/mol. The van der Waals surface area contributed by atoms with Crippen LogP contribution >= 0.6 is 0 Å². The average Bonchev–Trinajstić information content (AvgIpc) is 2.35. The Morgan fingerprint density at radius 2 is 2.25 bits per heavy atom. The number of oxime groups is 1. The molecule has 2 amide bonds. The lowest BCUT2D eigenvalue weighted by atomic mass is 10.2. The van der Waals surface area contributed by atoms with Gasteiger partial charge in [-0.1, -0.05) is 12.1 Å². The van der Waals surface area contributed by atoms with Crippen molar-refractivity contribution >= 4 is 11.9 Å². The van der Waals surface area contributed by atoms with Gasteiger partial charge in [0.2, 0.25) is 0 Å². The topological polar surface area (TPSA) is 100 Å². The molecule has 1 unspecified atom stereocenters. The molecule has 1 heterocycles. The zero-order valence-electron chi connectivity index (χ0n) is 9.35. The molecule has 1 rings (SSSR count). The lowest BCUT2D eigenvalue weighted by Crippen LogP contribution is -2.52. The number of ether oxygens (including phenoxy) is 1. The van der Waals surface area contributed by atoms with Crippen LogP contribution in [0.2, 0.25) is 0 Å². The van der Waals surface area contributed by atoms with Gasteiger partial charge in [-0.05, 0) is 6.42 Å². The van der Waals surface area contributed by atoms with Gasteiger partial charge in [0.1, 0.15) is 0 Å². The Bertz CT molecular complexity index is 263. The number of urea groups is 1. The van der Waals surface area contributed by atoms with Gasteiger partial charge >= 0.3 is 6.03 Å². The molecule has 0 aliphatic carbocycles. The maximum atomic E-state index is 11.8. The maximum absolute atomic E-state index is 11.8. The summed E-state index contributed by atoms with van der Waals surface area (Å²) in [5.74, 6) is 0.0177. The second-order valence-electron chi connectivity index (χ2n) is 3.53. The summed E-state index contributed by atoms with van der Waals surface area (Å²) in [6, 6.07) is -0.637. The number of hydrogen-bond acceptors (Lipinski definition) is 4. The minimum absolute atomic E-state index is 0.0177. The number of rotatable bonds is 3. The third-order valence-electron chi connectivity index (χ3n) is 2.48. The lowest BCUT2D eigenvalue weighted by molar-refractivity contribution is 0.0529. The van der Waals surface area contributed by atoms with Crippen molar-refractivity contribution in [1.82, 2.24) is 10.2 Å². The molecule has 0 aromatic carbocycles. The molecule has 0 aromatic heterocycles. The predicted molar refractivity (Wildman–Crippen MR) is 58.4 cm³/mol. The number of amides is 2. The van der Waals surface area contributed by atoms with Gasteiger partial charge < -0.3 is 25.9 Å².